The second-order valence-corrected chi connectivity index (χ2v) is 28.0. The molecule has 0 aliphatic heterocycles. The summed E-state index contributed by atoms with van der Waals surface area (Å²) in [6, 6.07) is 2.98. The Morgan fingerprint density at radius 3 is 1.71 bits per heavy atom. The lowest BCUT2D eigenvalue weighted by molar-refractivity contribution is -0.167. The molecule has 1 rings (SSSR count). The maximum atomic E-state index is 14.5. The standard InChI is InChI=1S/C45H84O8Si2/c1-21-27(7)40(53-55(24-4,25-5)26-6)31(11)38(47)30(10)39(48)33(13)42(51-44(49)28(8)22-2)35(15)43(52-54(19,20)45(16,17)18)34(14)41-32(12)37(46)29(9)36(23-3)50-41/h27-28,30-31,33-35,39-40,42-43,48H,21-26H2,1-20H3/t27-,28-,30?,31?,33-,34+,35+,39?,40?,42-,43+/m0/s1. The molecule has 320 valence electrons. The van der Waals surface area contributed by atoms with Crippen molar-refractivity contribution >= 4 is 28.4 Å². The molecule has 0 bridgehead atoms. The fourth-order valence-electron chi connectivity index (χ4n) is 7.83. The van der Waals surface area contributed by atoms with Gasteiger partial charge in [-0.15, -0.1) is 0 Å². The first kappa shape index (κ1) is 51.4. The summed E-state index contributed by atoms with van der Waals surface area (Å²) in [6.07, 6.45) is -0.621. The highest BCUT2D eigenvalue weighted by atomic mass is 28.4. The predicted octanol–water partition coefficient (Wildman–Crippen LogP) is 11.2. The molecule has 0 saturated carbocycles. The minimum atomic E-state index is -2.47. The number of hydrogen-bond donors (Lipinski definition) is 1. The molecule has 0 amide bonds. The van der Waals surface area contributed by atoms with Gasteiger partial charge in [-0.25, -0.2) is 0 Å². The van der Waals surface area contributed by atoms with E-state index in [9.17, 15) is 19.5 Å². The van der Waals surface area contributed by atoms with Crippen molar-refractivity contribution in [3.8, 4) is 0 Å². The third-order valence-corrected chi connectivity index (χ3v) is 23.1. The summed E-state index contributed by atoms with van der Waals surface area (Å²) >= 11 is 0. The van der Waals surface area contributed by atoms with Crippen LogP contribution in [0.2, 0.25) is 36.3 Å². The normalized spacial score (nSPS) is 19.0. The monoisotopic (exact) mass is 809 g/mol. The highest BCUT2D eigenvalue weighted by molar-refractivity contribution is 6.74. The van der Waals surface area contributed by atoms with Gasteiger partial charge in [-0.1, -0.05) is 117 Å². The molecule has 0 saturated heterocycles. The lowest BCUT2D eigenvalue weighted by atomic mass is 9.75. The lowest BCUT2D eigenvalue weighted by Gasteiger charge is -2.45. The van der Waals surface area contributed by atoms with Gasteiger partial charge in [0.25, 0.3) is 0 Å². The third kappa shape index (κ3) is 12.2. The van der Waals surface area contributed by atoms with E-state index in [4.69, 9.17) is 18.0 Å². The van der Waals surface area contributed by atoms with Gasteiger partial charge in [-0.2, -0.15) is 0 Å². The lowest BCUT2D eigenvalue weighted by Crippen LogP contribution is -2.52. The molecule has 8 nitrogen and oxygen atoms in total. The van der Waals surface area contributed by atoms with E-state index in [0.29, 0.717) is 35.5 Å². The molecule has 0 radical (unpaired) electrons. The highest BCUT2D eigenvalue weighted by Gasteiger charge is 2.48. The van der Waals surface area contributed by atoms with Crippen molar-refractivity contribution in [1.82, 2.24) is 0 Å². The zero-order valence-electron chi connectivity index (χ0n) is 38.9. The molecule has 55 heavy (non-hydrogen) atoms. The fraction of sp³-hybridized carbons (Fsp3) is 0.844. The zero-order chi connectivity index (χ0) is 43.0. The molecule has 10 heteroatoms. The average molecular weight is 809 g/mol. The van der Waals surface area contributed by atoms with E-state index in [2.05, 4.69) is 68.5 Å². The van der Waals surface area contributed by atoms with E-state index < -0.39 is 58.6 Å². The van der Waals surface area contributed by atoms with E-state index in [1.54, 1.807) is 6.92 Å². The molecular formula is C45H84O8Si2. The quantitative estimate of drug-likeness (QED) is 0.0859. The van der Waals surface area contributed by atoms with Crippen molar-refractivity contribution in [2.75, 3.05) is 0 Å². The van der Waals surface area contributed by atoms with Gasteiger partial charge in [-0.3, -0.25) is 14.4 Å². The molecule has 1 aromatic rings. The van der Waals surface area contributed by atoms with Gasteiger partial charge in [0, 0.05) is 47.1 Å². The number of Topliss-reactive ketones (excluding diaryl/α,β-unsaturated/α-hetero) is 1. The number of hydrogen-bond acceptors (Lipinski definition) is 8. The number of carbonyl (C=O) groups is 2. The van der Waals surface area contributed by atoms with E-state index in [1.165, 1.54) is 0 Å². The molecule has 0 spiro atoms. The summed E-state index contributed by atoms with van der Waals surface area (Å²) < 4.78 is 27.3. The SMILES string of the molecule is CCc1oc([C@@H](C)[C@@H](O[Si](C)(C)C(C)(C)C)[C@H](C)[C@@H](OC(=O)[C@@H](C)CC)[C@@H](C)C(O)C(C)C(=O)C(C)C(O[Si](CC)(CC)CC)[C@@H](C)CC)c(C)c(=O)c1C. The molecule has 4 unspecified atom stereocenters. The first-order valence-electron chi connectivity index (χ1n) is 21.7. The molecule has 11 atom stereocenters. The van der Waals surface area contributed by atoms with Crippen LogP contribution >= 0.6 is 0 Å². The van der Waals surface area contributed by atoms with E-state index in [0.717, 1.165) is 24.6 Å². The largest absolute Gasteiger partial charge is 0.465 e. The van der Waals surface area contributed by atoms with Crippen molar-refractivity contribution in [3.05, 3.63) is 32.9 Å². The van der Waals surface area contributed by atoms with Crippen LogP contribution in [0.4, 0.5) is 0 Å². The van der Waals surface area contributed by atoms with E-state index >= 15 is 0 Å². The smallest absolute Gasteiger partial charge is 0.308 e. The van der Waals surface area contributed by atoms with Crippen LogP contribution in [-0.2, 0) is 29.6 Å². The zero-order valence-corrected chi connectivity index (χ0v) is 40.9. The highest BCUT2D eigenvalue weighted by Crippen LogP contribution is 2.43. The minimum Gasteiger partial charge on any atom is -0.465 e. The maximum Gasteiger partial charge on any atom is 0.308 e. The molecular weight excluding hydrogens is 725 g/mol. The molecule has 0 fully saturated rings. The summed E-state index contributed by atoms with van der Waals surface area (Å²) in [7, 11) is -4.50. The van der Waals surface area contributed by atoms with Gasteiger partial charge in [-0.05, 0) is 62.5 Å². The van der Waals surface area contributed by atoms with Crippen molar-refractivity contribution in [3.63, 3.8) is 0 Å². The Labute approximate surface area is 338 Å². The number of ether oxygens (including phenoxy) is 1. The Bertz CT molecular complexity index is 1420. The van der Waals surface area contributed by atoms with E-state index in [-0.39, 0.29) is 46.1 Å². The number of rotatable bonds is 23. The number of aliphatic hydroxyl groups excluding tert-OH is 1. The summed E-state index contributed by atoms with van der Waals surface area (Å²) in [6.45, 7) is 40.9. The van der Waals surface area contributed by atoms with Crippen molar-refractivity contribution in [1.29, 1.82) is 0 Å². The molecule has 0 aromatic carbocycles. The van der Waals surface area contributed by atoms with Crippen LogP contribution in [0.1, 0.15) is 152 Å². The van der Waals surface area contributed by atoms with Gasteiger partial charge >= 0.3 is 5.97 Å². The minimum absolute atomic E-state index is 0.0370. The van der Waals surface area contributed by atoms with Crippen LogP contribution in [0.15, 0.2) is 9.21 Å². The first-order valence-corrected chi connectivity index (χ1v) is 27.1. The van der Waals surface area contributed by atoms with Gasteiger partial charge in [0.05, 0.1) is 24.2 Å². The average Bonchev–Trinajstić information content (AvgIpc) is 3.15. The second-order valence-electron chi connectivity index (χ2n) is 18.6. The number of aryl methyl sites for hydroxylation is 1. The molecule has 1 aromatic heterocycles. The van der Waals surface area contributed by atoms with E-state index in [1.807, 2.05) is 62.3 Å². The summed E-state index contributed by atoms with van der Waals surface area (Å²) in [5.74, 6) is -1.95. The third-order valence-electron chi connectivity index (χ3n) is 14.0. The van der Waals surface area contributed by atoms with Crippen LogP contribution in [0.5, 0.6) is 0 Å². The molecule has 0 aliphatic rings. The summed E-state index contributed by atoms with van der Waals surface area (Å²) in [5, 5.41) is 12.1. The number of ketones is 1. The summed E-state index contributed by atoms with van der Waals surface area (Å²) in [4.78, 5) is 41.6. The van der Waals surface area contributed by atoms with Crippen LogP contribution in [0.25, 0.3) is 0 Å². The van der Waals surface area contributed by atoms with Gasteiger partial charge < -0.3 is 23.1 Å². The molecule has 0 aliphatic carbocycles. The van der Waals surface area contributed by atoms with Crippen molar-refractivity contribution in [2.24, 2.45) is 35.5 Å². The Balaban J connectivity index is 3.88. The second kappa shape index (κ2) is 21.4. The molecule has 1 heterocycles. The predicted molar refractivity (Wildman–Crippen MR) is 233 cm³/mol. The maximum absolute atomic E-state index is 14.5. The number of carbonyl (C=O) groups excluding carboxylic acids is 2. The Morgan fingerprint density at radius 1 is 0.745 bits per heavy atom. The van der Waals surface area contributed by atoms with Gasteiger partial charge in [0.15, 0.2) is 22.1 Å². The fourth-order valence-corrected chi connectivity index (χ4v) is 12.3. The van der Waals surface area contributed by atoms with Crippen molar-refractivity contribution < 1.29 is 32.7 Å². The van der Waals surface area contributed by atoms with Crippen LogP contribution in [0.3, 0.4) is 0 Å². The number of esters is 1. The van der Waals surface area contributed by atoms with Gasteiger partial charge in [0.1, 0.15) is 23.4 Å². The Kier molecular flexibility index (Phi) is 20.0. The molecule has 1 N–H and O–H groups in total. The first-order chi connectivity index (χ1) is 25.3. The van der Waals surface area contributed by atoms with Gasteiger partial charge in [0.2, 0.25) is 0 Å². The van der Waals surface area contributed by atoms with Crippen LogP contribution in [-0.4, -0.2) is 57.9 Å². The topological polar surface area (TPSA) is 112 Å². The Hall–Kier alpha value is -1.60. The number of aliphatic hydroxyl groups is 1. The van der Waals surface area contributed by atoms with Crippen molar-refractivity contribution in [2.45, 2.75) is 210 Å². The Morgan fingerprint density at radius 2 is 1.27 bits per heavy atom. The summed E-state index contributed by atoms with van der Waals surface area (Å²) in [5.41, 5.74) is 1.13. The van der Waals surface area contributed by atoms with Crippen LogP contribution < -0.4 is 5.43 Å². The van der Waals surface area contributed by atoms with Crippen LogP contribution in [0, 0.1) is 49.4 Å².